The molecular formula is C19H32IN3O2S. The number of hydrogen-bond acceptors (Lipinski definition) is 4. The fraction of sp³-hybridized carbons (Fsp3) is 0.632. The lowest BCUT2D eigenvalue weighted by Crippen LogP contribution is -2.41. The van der Waals surface area contributed by atoms with Crippen LogP contribution in [0.25, 0.3) is 0 Å². The van der Waals surface area contributed by atoms with Gasteiger partial charge < -0.3 is 20.5 Å². The zero-order valence-corrected chi connectivity index (χ0v) is 18.9. The molecule has 0 spiro atoms. The van der Waals surface area contributed by atoms with Crippen LogP contribution < -0.4 is 10.6 Å². The van der Waals surface area contributed by atoms with E-state index in [2.05, 4.69) is 48.7 Å². The van der Waals surface area contributed by atoms with Gasteiger partial charge in [0.05, 0.1) is 13.2 Å². The zero-order valence-electron chi connectivity index (χ0n) is 15.7. The molecule has 1 aromatic carbocycles. The normalized spacial score (nSPS) is 21.1. The van der Waals surface area contributed by atoms with Gasteiger partial charge in [0.25, 0.3) is 0 Å². The van der Waals surface area contributed by atoms with Gasteiger partial charge in [-0.3, -0.25) is 4.99 Å². The number of halogens is 1. The van der Waals surface area contributed by atoms with Crippen LogP contribution in [0.4, 0.5) is 0 Å². The van der Waals surface area contributed by atoms with Gasteiger partial charge >= 0.3 is 0 Å². The van der Waals surface area contributed by atoms with Gasteiger partial charge in [0.1, 0.15) is 0 Å². The summed E-state index contributed by atoms with van der Waals surface area (Å²) in [7, 11) is 0. The average molecular weight is 493 g/mol. The molecule has 26 heavy (non-hydrogen) atoms. The van der Waals surface area contributed by atoms with Crippen molar-refractivity contribution >= 4 is 41.7 Å². The number of aliphatic hydroxyl groups excluding tert-OH is 1. The lowest BCUT2D eigenvalue weighted by atomic mass is 9.84. The minimum atomic E-state index is -0.0124. The number of benzene rings is 1. The minimum absolute atomic E-state index is 0. The molecule has 0 amide bonds. The maximum Gasteiger partial charge on any atom is 0.191 e. The molecule has 2 atom stereocenters. The van der Waals surface area contributed by atoms with Gasteiger partial charge in [0.15, 0.2) is 5.96 Å². The summed E-state index contributed by atoms with van der Waals surface area (Å²) < 4.78 is 5.55. The molecule has 0 radical (unpaired) electrons. The van der Waals surface area contributed by atoms with E-state index in [1.807, 2.05) is 17.8 Å². The molecule has 1 heterocycles. The summed E-state index contributed by atoms with van der Waals surface area (Å²) in [6.07, 6.45) is 1.72. The van der Waals surface area contributed by atoms with Gasteiger partial charge in [-0.2, -0.15) is 0 Å². The van der Waals surface area contributed by atoms with Crippen molar-refractivity contribution < 1.29 is 9.84 Å². The first-order chi connectivity index (χ1) is 12.2. The van der Waals surface area contributed by atoms with Crippen LogP contribution in [0.15, 0.2) is 40.2 Å². The smallest absolute Gasteiger partial charge is 0.191 e. The third kappa shape index (κ3) is 8.02. The number of hydrogen-bond donors (Lipinski definition) is 3. The molecule has 1 aliphatic rings. The van der Waals surface area contributed by atoms with Crippen molar-refractivity contribution in [2.24, 2.45) is 10.4 Å². The summed E-state index contributed by atoms with van der Waals surface area (Å²) >= 11 is 1.86. The van der Waals surface area contributed by atoms with Crippen molar-refractivity contribution in [2.45, 2.75) is 36.8 Å². The molecule has 7 heteroatoms. The predicted octanol–water partition coefficient (Wildman–Crippen LogP) is 3.13. The summed E-state index contributed by atoms with van der Waals surface area (Å²) in [5.74, 6) is 0.840. The molecule has 0 bridgehead atoms. The Balaban J connectivity index is 0.00000338. The molecule has 0 aliphatic carbocycles. The predicted molar refractivity (Wildman–Crippen MR) is 121 cm³/mol. The Labute approximate surface area is 178 Å². The highest BCUT2D eigenvalue weighted by molar-refractivity contribution is 14.0. The van der Waals surface area contributed by atoms with E-state index >= 15 is 0 Å². The van der Waals surface area contributed by atoms with Crippen LogP contribution in [-0.2, 0) is 4.74 Å². The van der Waals surface area contributed by atoms with Crippen LogP contribution in [0.3, 0.4) is 0 Å². The van der Waals surface area contributed by atoms with Crippen LogP contribution in [0, 0.1) is 5.41 Å². The number of ether oxygens (including phenoxy) is 1. The van der Waals surface area contributed by atoms with E-state index in [4.69, 9.17) is 9.73 Å². The second kappa shape index (κ2) is 12.8. The van der Waals surface area contributed by atoms with Crippen LogP contribution in [0.5, 0.6) is 0 Å². The van der Waals surface area contributed by atoms with Crippen molar-refractivity contribution in [1.29, 1.82) is 0 Å². The van der Waals surface area contributed by atoms with Crippen molar-refractivity contribution in [3.8, 4) is 0 Å². The molecule has 1 aromatic rings. The topological polar surface area (TPSA) is 65.9 Å². The molecule has 1 fully saturated rings. The van der Waals surface area contributed by atoms with Crippen LogP contribution in [0.1, 0.15) is 26.7 Å². The first-order valence-corrected chi connectivity index (χ1v) is 9.98. The summed E-state index contributed by atoms with van der Waals surface area (Å²) in [6, 6.07) is 10.5. The number of aliphatic imine (C=N–C) groups is 1. The zero-order chi connectivity index (χ0) is 18.0. The van der Waals surface area contributed by atoms with Crippen molar-refractivity contribution in [1.82, 2.24) is 10.6 Å². The Morgan fingerprint density at radius 2 is 2.12 bits per heavy atom. The highest BCUT2D eigenvalue weighted by Gasteiger charge is 2.34. The van der Waals surface area contributed by atoms with Crippen molar-refractivity contribution in [3.05, 3.63) is 30.3 Å². The third-order valence-electron chi connectivity index (χ3n) is 4.38. The molecule has 1 saturated heterocycles. The third-order valence-corrected chi connectivity index (χ3v) is 5.49. The van der Waals surface area contributed by atoms with Gasteiger partial charge in [0, 0.05) is 41.9 Å². The summed E-state index contributed by atoms with van der Waals surface area (Å²) in [5.41, 5.74) is -0.0124. The van der Waals surface area contributed by atoms with E-state index in [1.54, 1.807) is 0 Å². The van der Waals surface area contributed by atoms with Crippen molar-refractivity contribution in [3.63, 3.8) is 0 Å². The second-order valence-corrected chi connectivity index (χ2v) is 8.11. The lowest BCUT2D eigenvalue weighted by Gasteiger charge is -2.25. The van der Waals surface area contributed by atoms with Gasteiger partial charge in [-0.05, 0) is 31.9 Å². The first kappa shape index (κ1) is 23.5. The Morgan fingerprint density at radius 1 is 1.35 bits per heavy atom. The van der Waals surface area contributed by atoms with Crippen LogP contribution in [-0.4, -0.2) is 55.8 Å². The molecule has 5 nitrogen and oxygen atoms in total. The Bertz CT molecular complexity index is 525. The van der Waals surface area contributed by atoms with E-state index in [1.165, 1.54) is 4.90 Å². The van der Waals surface area contributed by atoms with Crippen LogP contribution in [0.2, 0.25) is 0 Å². The SMILES string of the molecule is CCNC(=NCC1(CCO)CCOC1)NCC(C)Sc1ccccc1.I. The fourth-order valence-electron chi connectivity index (χ4n) is 2.89. The molecule has 0 saturated carbocycles. The maximum atomic E-state index is 9.34. The maximum absolute atomic E-state index is 9.34. The first-order valence-electron chi connectivity index (χ1n) is 9.10. The monoisotopic (exact) mass is 493 g/mol. The van der Waals surface area contributed by atoms with Gasteiger partial charge in [-0.25, -0.2) is 0 Å². The highest BCUT2D eigenvalue weighted by atomic mass is 127. The molecule has 0 aromatic heterocycles. The second-order valence-electron chi connectivity index (χ2n) is 6.59. The van der Waals surface area contributed by atoms with E-state index < -0.39 is 0 Å². The van der Waals surface area contributed by atoms with Gasteiger partial charge in [-0.1, -0.05) is 25.1 Å². The minimum Gasteiger partial charge on any atom is -0.396 e. The Kier molecular flexibility index (Phi) is 11.6. The number of thioether (sulfide) groups is 1. The van der Waals surface area contributed by atoms with Crippen molar-refractivity contribution in [2.75, 3.05) is 39.5 Å². The number of rotatable bonds is 9. The Hall–Kier alpha value is -0.510. The quantitative estimate of drug-likeness (QED) is 0.214. The standard InChI is InChI=1S/C19H31N3O2S.HI/c1-3-20-18(22-14-19(9-11-23)10-12-24-15-19)21-13-16(2)25-17-7-5-4-6-8-17;/h4-8,16,23H,3,9-15H2,1-2H3,(H2,20,21,22);1H. The van der Waals surface area contributed by atoms with Gasteiger partial charge in [0.2, 0.25) is 0 Å². The molecule has 2 rings (SSSR count). The fourth-order valence-corrected chi connectivity index (χ4v) is 3.84. The summed E-state index contributed by atoms with van der Waals surface area (Å²) in [6.45, 7) is 8.29. The Morgan fingerprint density at radius 3 is 2.73 bits per heavy atom. The molecular weight excluding hydrogens is 461 g/mol. The number of nitrogens with one attached hydrogen (secondary N) is 2. The molecule has 148 valence electrons. The number of guanidine groups is 1. The molecule has 1 aliphatic heterocycles. The van der Waals surface area contributed by atoms with E-state index in [0.717, 1.165) is 38.5 Å². The van der Waals surface area contributed by atoms with Gasteiger partial charge in [-0.15, -0.1) is 35.7 Å². The number of aliphatic hydroxyl groups is 1. The average Bonchev–Trinajstić information content (AvgIpc) is 3.07. The van der Waals surface area contributed by atoms with E-state index in [0.29, 0.717) is 18.4 Å². The highest BCUT2D eigenvalue weighted by Crippen LogP contribution is 2.32. The molecule has 3 N–H and O–H groups in total. The summed E-state index contributed by atoms with van der Waals surface area (Å²) in [5, 5.41) is 16.5. The van der Waals surface area contributed by atoms with Crippen LogP contribution >= 0.6 is 35.7 Å². The van der Waals surface area contributed by atoms with E-state index in [-0.39, 0.29) is 36.0 Å². The molecule has 2 unspecified atom stereocenters. The number of nitrogens with zero attached hydrogens (tertiary/aromatic N) is 1. The lowest BCUT2D eigenvalue weighted by molar-refractivity contribution is 0.131. The largest absolute Gasteiger partial charge is 0.396 e. The summed E-state index contributed by atoms with van der Waals surface area (Å²) in [4.78, 5) is 6.04. The van der Waals surface area contributed by atoms with E-state index in [9.17, 15) is 5.11 Å².